The zero-order valence-electron chi connectivity index (χ0n) is 11.2. The van der Waals surface area contributed by atoms with Crippen molar-refractivity contribution < 1.29 is 8.42 Å². The highest BCUT2D eigenvalue weighted by Gasteiger charge is 2.14. The molecule has 0 saturated carbocycles. The quantitative estimate of drug-likeness (QED) is 0.603. The number of hydrogen-bond donors (Lipinski definition) is 2. The molecular formula is C12H27N3O2S. The molecule has 108 valence electrons. The van der Waals surface area contributed by atoms with Gasteiger partial charge in [0.05, 0.1) is 5.75 Å². The second kappa shape index (κ2) is 8.85. The predicted molar refractivity (Wildman–Crippen MR) is 75.0 cm³/mol. The van der Waals surface area contributed by atoms with Gasteiger partial charge in [0.1, 0.15) is 0 Å². The Kier molecular flexibility index (Phi) is 7.81. The molecule has 1 rings (SSSR count). The van der Waals surface area contributed by atoms with Gasteiger partial charge in [-0.2, -0.15) is 0 Å². The molecule has 0 aromatic carbocycles. The maximum atomic E-state index is 11.7. The first-order valence-electron chi connectivity index (χ1n) is 7.04. The SMILES string of the molecule is NCCCCCNS(=O)(=O)CCN1CCCCC1. The number of unbranched alkanes of at least 4 members (excludes halogenated alkanes) is 2. The van der Waals surface area contributed by atoms with Gasteiger partial charge in [-0.1, -0.05) is 12.8 Å². The van der Waals surface area contributed by atoms with Crippen LogP contribution in [0.2, 0.25) is 0 Å². The maximum absolute atomic E-state index is 11.7. The highest BCUT2D eigenvalue weighted by Crippen LogP contribution is 2.08. The Labute approximate surface area is 111 Å². The maximum Gasteiger partial charge on any atom is 0.212 e. The van der Waals surface area contributed by atoms with E-state index in [0.29, 0.717) is 19.6 Å². The largest absolute Gasteiger partial charge is 0.330 e. The van der Waals surface area contributed by atoms with Crippen LogP contribution in [0.1, 0.15) is 38.5 Å². The predicted octanol–water partition coefficient (Wildman–Crippen LogP) is 0.521. The van der Waals surface area contributed by atoms with E-state index >= 15 is 0 Å². The Bertz CT molecular complexity index is 300. The minimum atomic E-state index is -3.09. The number of rotatable bonds is 9. The third-order valence-corrected chi connectivity index (χ3v) is 4.69. The second-order valence-corrected chi connectivity index (χ2v) is 6.89. The minimum absolute atomic E-state index is 0.226. The normalized spacial score (nSPS) is 18.1. The molecule has 6 heteroatoms. The van der Waals surface area contributed by atoms with Gasteiger partial charge in [0, 0.05) is 13.1 Å². The lowest BCUT2D eigenvalue weighted by Gasteiger charge is -2.26. The molecule has 1 heterocycles. The topological polar surface area (TPSA) is 75.4 Å². The van der Waals surface area contributed by atoms with E-state index in [-0.39, 0.29) is 5.75 Å². The zero-order chi connectivity index (χ0) is 13.3. The smallest absolute Gasteiger partial charge is 0.212 e. The molecule has 3 N–H and O–H groups in total. The molecule has 1 aliphatic rings. The van der Waals surface area contributed by atoms with Gasteiger partial charge in [0.2, 0.25) is 10.0 Å². The molecule has 0 spiro atoms. The Morgan fingerprint density at radius 1 is 1.06 bits per heavy atom. The standard InChI is InChI=1S/C12H27N3O2S/c13-7-3-1-4-8-14-18(16,17)12-11-15-9-5-2-6-10-15/h14H,1-13H2. The minimum Gasteiger partial charge on any atom is -0.330 e. The molecule has 5 nitrogen and oxygen atoms in total. The van der Waals surface area contributed by atoms with Crippen molar-refractivity contribution in [3.05, 3.63) is 0 Å². The van der Waals surface area contributed by atoms with Crippen molar-refractivity contribution >= 4 is 10.0 Å². The van der Waals surface area contributed by atoms with Gasteiger partial charge in [-0.25, -0.2) is 13.1 Å². The van der Waals surface area contributed by atoms with Gasteiger partial charge in [0.25, 0.3) is 0 Å². The molecule has 0 aromatic heterocycles. The summed E-state index contributed by atoms with van der Waals surface area (Å²) in [7, 11) is -3.09. The fraction of sp³-hybridized carbons (Fsp3) is 1.00. The molecule has 0 bridgehead atoms. The summed E-state index contributed by atoms with van der Waals surface area (Å²) >= 11 is 0. The summed E-state index contributed by atoms with van der Waals surface area (Å²) in [4.78, 5) is 2.25. The molecule has 0 unspecified atom stereocenters. The van der Waals surface area contributed by atoms with Crippen molar-refractivity contribution in [2.75, 3.05) is 38.5 Å². The molecule has 0 aromatic rings. The number of piperidine rings is 1. The van der Waals surface area contributed by atoms with Gasteiger partial charge in [-0.3, -0.25) is 0 Å². The Morgan fingerprint density at radius 3 is 2.44 bits per heavy atom. The van der Waals surface area contributed by atoms with Crippen LogP contribution in [0.4, 0.5) is 0 Å². The van der Waals surface area contributed by atoms with E-state index < -0.39 is 10.0 Å². The van der Waals surface area contributed by atoms with Crippen LogP contribution < -0.4 is 10.5 Å². The first-order chi connectivity index (χ1) is 8.64. The highest BCUT2D eigenvalue weighted by atomic mass is 32.2. The van der Waals surface area contributed by atoms with Gasteiger partial charge in [-0.15, -0.1) is 0 Å². The summed E-state index contributed by atoms with van der Waals surface area (Å²) < 4.78 is 26.1. The van der Waals surface area contributed by atoms with Crippen LogP contribution >= 0.6 is 0 Å². The molecule has 0 amide bonds. The van der Waals surface area contributed by atoms with Crippen LogP contribution in [-0.4, -0.2) is 51.8 Å². The van der Waals surface area contributed by atoms with Crippen LogP contribution in [0, 0.1) is 0 Å². The Balaban J connectivity index is 2.10. The van der Waals surface area contributed by atoms with Crippen molar-refractivity contribution in [3.8, 4) is 0 Å². The molecular weight excluding hydrogens is 250 g/mol. The van der Waals surface area contributed by atoms with Crippen molar-refractivity contribution in [2.24, 2.45) is 5.73 Å². The molecule has 1 fully saturated rings. The fourth-order valence-electron chi connectivity index (χ4n) is 2.18. The van der Waals surface area contributed by atoms with Crippen molar-refractivity contribution in [2.45, 2.75) is 38.5 Å². The third kappa shape index (κ3) is 7.31. The van der Waals surface area contributed by atoms with Gasteiger partial charge < -0.3 is 10.6 Å². The van der Waals surface area contributed by atoms with Gasteiger partial charge >= 0.3 is 0 Å². The molecule has 0 atom stereocenters. The number of nitrogens with two attached hydrogens (primary N) is 1. The van der Waals surface area contributed by atoms with E-state index in [2.05, 4.69) is 9.62 Å². The van der Waals surface area contributed by atoms with Crippen LogP contribution in [0.15, 0.2) is 0 Å². The first-order valence-corrected chi connectivity index (χ1v) is 8.69. The summed E-state index contributed by atoms with van der Waals surface area (Å²) in [5.74, 6) is 0.226. The second-order valence-electron chi connectivity index (χ2n) is 4.96. The number of nitrogens with one attached hydrogen (secondary N) is 1. The van der Waals surface area contributed by atoms with E-state index in [1.54, 1.807) is 0 Å². The van der Waals surface area contributed by atoms with E-state index in [0.717, 1.165) is 32.4 Å². The Hall–Kier alpha value is -0.170. The van der Waals surface area contributed by atoms with Crippen LogP contribution in [0.5, 0.6) is 0 Å². The third-order valence-electron chi connectivity index (χ3n) is 3.33. The van der Waals surface area contributed by atoms with E-state index in [9.17, 15) is 8.42 Å². The van der Waals surface area contributed by atoms with Gasteiger partial charge in [-0.05, 0) is 45.3 Å². The van der Waals surface area contributed by atoms with E-state index in [4.69, 9.17) is 5.73 Å². The fourth-order valence-corrected chi connectivity index (χ4v) is 3.28. The van der Waals surface area contributed by atoms with Crippen molar-refractivity contribution in [3.63, 3.8) is 0 Å². The molecule has 1 aliphatic heterocycles. The monoisotopic (exact) mass is 277 g/mol. The number of sulfonamides is 1. The highest BCUT2D eigenvalue weighted by molar-refractivity contribution is 7.89. The van der Waals surface area contributed by atoms with Crippen LogP contribution in [-0.2, 0) is 10.0 Å². The van der Waals surface area contributed by atoms with Gasteiger partial charge in [0.15, 0.2) is 0 Å². The summed E-state index contributed by atoms with van der Waals surface area (Å²) in [6, 6.07) is 0. The molecule has 18 heavy (non-hydrogen) atoms. The average Bonchev–Trinajstić information content (AvgIpc) is 2.38. The van der Waals surface area contributed by atoms with E-state index in [1.807, 2.05) is 0 Å². The summed E-state index contributed by atoms with van der Waals surface area (Å²) in [5, 5.41) is 0. The number of hydrogen-bond acceptors (Lipinski definition) is 4. The molecule has 0 aliphatic carbocycles. The lowest BCUT2D eigenvalue weighted by Crippen LogP contribution is -2.37. The average molecular weight is 277 g/mol. The van der Waals surface area contributed by atoms with E-state index in [1.165, 1.54) is 19.3 Å². The first kappa shape index (κ1) is 15.9. The van der Waals surface area contributed by atoms with Crippen LogP contribution in [0.3, 0.4) is 0 Å². The Morgan fingerprint density at radius 2 is 1.78 bits per heavy atom. The summed E-state index contributed by atoms with van der Waals surface area (Å²) in [6.45, 7) is 3.99. The zero-order valence-corrected chi connectivity index (χ0v) is 12.1. The lowest BCUT2D eigenvalue weighted by molar-refractivity contribution is 0.241. The molecule has 1 saturated heterocycles. The lowest BCUT2D eigenvalue weighted by atomic mass is 10.1. The number of nitrogens with zero attached hydrogens (tertiary/aromatic N) is 1. The van der Waals surface area contributed by atoms with Crippen LogP contribution in [0.25, 0.3) is 0 Å². The van der Waals surface area contributed by atoms with Crippen molar-refractivity contribution in [1.82, 2.24) is 9.62 Å². The summed E-state index contributed by atoms with van der Waals surface area (Å²) in [5.41, 5.74) is 5.38. The molecule has 0 radical (unpaired) electrons. The summed E-state index contributed by atoms with van der Waals surface area (Å²) in [6.07, 6.45) is 6.52. The number of likely N-dealkylation sites (tertiary alicyclic amines) is 1. The van der Waals surface area contributed by atoms with Crippen molar-refractivity contribution in [1.29, 1.82) is 0 Å².